The highest BCUT2D eigenvalue weighted by molar-refractivity contribution is 6.51. The van der Waals surface area contributed by atoms with Crippen LogP contribution in [-0.4, -0.2) is 48.5 Å². The summed E-state index contributed by atoms with van der Waals surface area (Å²) in [5, 5.41) is 22.0. The molecule has 1 unspecified atom stereocenters. The first kappa shape index (κ1) is 26.7. The lowest BCUT2D eigenvalue weighted by molar-refractivity contribution is -0.132. The van der Waals surface area contributed by atoms with Crippen LogP contribution in [0.25, 0.3) is 5.76 Å². The van der Waals surface area contributed by atoms with E-state index < -0.39 is 23.5 Å². The number of aliphatic hydroxyl groups excluding tert-OH is 1. The van der Waals surface area contributed by atoms with E-state index in [1.807, 2.05) is 6.92 Å². The minimum Gasteiger partial charge on any atom is -0.507 e. The van der Waals surface area contributed by atoms with Gasteiger partial charge >= 0.3 is 0 Å². The van der Waals surface area contributed by atoms with Crippen LogP contribution >= 0.6 is 0 Å². The lowest BCUT2D eigenvalue weighted by Gasteiger charge is -2.26. The highest BCUT2D eigenvalue weighted by Gasteiger charge is 2.47. The van der Waals surface area contributed by atoms with Crippen molar-refractivity contribution in [3.8, 4) is 34.5 Å². The van der Waals surface area contributed by atoms with Gasteiger partial charge in [0.05, 0.1) is 37.0 Å². The van der Waals surface area contributed by atoms with E-state index in [4.69, 9.17) is 23.7 Å². The van der Waals surface area contributed by atoms with Crippen LogP contribution in [0, 0.1) is 0 Å². The van der Waals surface area contributed by atoms with E-state index in [9.17, 15) is 19.8 Å². The van der Waals surface area contributed by atoms with E-state index >= 15 is 0 Å². The summed E-state index contributed by atoms with van der Waals surface area (Å²) in [6, 6.07) is 13.2. The summed E-state index contributed by atoms with van der Waals surface area (Å²) >= 11 is 0. The maximum absolute atomic E-state index is 13.6. The Morgan fingerprint density at radius 1 is 0.875 bits per heavy atom. The highest BCUT2D eigenvalue weighted by Crippen LogP contribution is 2.47. The monoisotopic (exact) mass is 547 g/mol. The Morgan fingerprint density at radius 3 is 2.35 bits per heavy atom. The van der Waals surface area contributed by atoms with Crippen molar-refractivity contribution in [1.82, 2.24) is 0 Å². The molecule has 0 spiro atoms. The molecule has 3 aromatic carbocycles. The van der Waals surface area contributed by atoms with Crippen LogP contribution in [0.1, 0.15) is 37.9 Å². The second kappa shape index (κ2) is 11.1. The van der Waals surface area contributed by atoms with E-state index in [1.54, 1.807) is 62.4 Å². The fraction of sp³-hybridized carbons (Fsp3) is 0.267. The Morgan fingerprint density at radius 2 is 1.60 bits per heavy atom. The van der Waals surface area contributed by atoms with Gasteiger partial charge in [-0.1, -0.05) is 6.07 Å². The number of aliphatic hydroxyl groups is 1. The quantitative estimate of drug-likeness (QED) is 0.218. The second-order valence-electron chi connectivity index (χ2n) is 8.89. The molecule has 2 aliphatic heterocycles. The number of hydrogen-bond donors (Lipinski definition) is 2. The van der Waals surface area contributed by atoms with E-state index in [1.165, 1.54) is 11.0 Å². The Balaban J connectivity index is 1.72. The fourth-order valence-electron chi connectivity index (χ4n) is 4.80. The second-order valence-corrected chi connectivity index (χ2v) is 8.89. The molecule has 0 radical (unpaired) electrons. The predicted octanol–water partition coefficient (Wildman–Crippen LogP) is 4.94. The number of carbonyl (C=O) groups excluding carboxylic acids is 2. The first-order valence-electron chi connectivity index (χ1n) is 12.9. The van der Waals surface area contributed by atoms with Crippen molar-refractivity contribution in [2.75, 3.05) is 31.5 Å². The number of anilines is 1. The van der Waals surface area contributed by atoms with E-state index in [2.05, 4.69) is 0 Å². The number of rotatable bonds is 9. The van der Waals surface area contributed by atoms with Crippen LogP contribution in [0.4, 0.5) is 5.69 Å². The lowest BCUT2D eigenvalue weighted by atomic mass is 9.94. The Hall–Kier alpha value is -4.86. The number of benzene rings is 3. The number of ketones is 1. The minimum absolute atomic E-state index is 0.0364. The minimum atomic E-state index is -1.07. The molecule has 1 fully saturated rings. The van der Waals surface area contributed by atoms with Crippen molar-refractivity contribution in [3.05, 3.63) is 71.3 Å². The molecule has 208 valence electrons. The van der Waals surface area contributed by atoms with Crippen LogP contribution in [0.2, 0.25) is 0 Å². The summed E-state index contributed by atoms with van der Waals surface area (Å²) in [6.45, 7) is 6.45. The van der Waals surface area contributed by atoms with Crippen molar-refractivity contribution in [3.63, 3.8) is 0 Å². The zero-order chi connectivity index (χ0) is 28.4. The van der Waals surface area contributed by atoms with Crippen LogP contribution in [0.5, 0.6) is 34.5 Å². The number of nitrogens with zero attached hydrogens (tertiary/aromatic N) is 1. The number of aromatic hydroxyl groups is 1. The van der Waals surface area contributed by atoms with Crippen molar-refractivity contribution in [1.29, 1.82) is 0 Å². The van der Waals surface area contributed by atoms with Gasteiger partial charge in [0.1, 0.15) is 17.3 Å². The van der Waals surface area contributed by atoms with Gasteiger partial charge < -0.3 is 33.9 Å². The maximum atomic E-state index is 13.6. The topological polar surface area (TPSA) is 124 Å². The van der Waals surface area contributed by atoms with Gasteiger partial charge in [0.2, 0.25) is 6.79 Å². The molecule has 0 aliphatic carbocycles. The summed E-state index contributed by atoms with van der Waals surface area (Å²) in [5.74, 6) is -0.325. The third kappa shape index (κ3) is 4.72. The molecule has 0 bridgehead atoms. The number of phenols is 1. The van der Waals surface area contributed by atoms with Crippen molar-refractivity contribution in [2.24, 2.45) is 0 Å². The van der Waals surface area contributed by atoms with E-state index in [-0.39, 0.29) is 36.0 Å². The number of amides is 1. The van der Waals surface area contributed by atoms with Crippen LogP contribution in [0.3, 0.4) is 0 Å². The Bertz CT molecular complexity index is 1500. The molecule has 2 aliphatic rings. The maximum Gasteiger partial charge on any atom is 0.300 e. The van der Waals surface area contributed by atoms with Crippen molar-refractivity contribution >= 4 is 23.1 Å². The number of phenolic OH excluding ortho intramolecular Hbond substituents is 1. The number of Topliss-reactive ketones (excluding diaryl/α,β-unsaturated/α-hetero) is 1. The predicted molar refractivity (Wildman–Crippen MR) is 145 cm³/mol. The standard InChI is InChI=1S/C30H29NO9/c1-4-36-19-9-10-20(23(15-19)37-5-2)28(33)26-27(17-7-11-21(32)24(13-17)38-6-3)31(30(35)29(26)34)18-8-12-22-25(14-18)40-16-39-22/h7-15,27,32-33H,4-6,16H2,1-3H3/b28-26+. The largest absolute Gasteiger partial charge is 0.507 e. The third-order valence-corrected chi connectivity index (χ3v) is 6.50. The summed E-state index contributed by atoms with van der Waals surface area (Å²) in [6.07, 6.45) is 0. The molecule has 2 heterocycles. The summed E-state index contributed by atoms with van der Waals surface area (Å²) in [5.41, 5.74) is 0.866. The first-order valence-corrected chi connectivity index (χ1v) is 12.9. The van der Waals surface area contributed by atoms with Crippen LogP contribution in [-0.2, 0) is 9.59 Å². The number of hydrogen-bond acceptors (Lipinski definition) is 9. The normalized spacial score (nSPS) is 17.3. The van der Waals surface area contributed by atoms with Gasteiger partial charge in [0.25, 0.3) is 11.7 Å². The Labute approximate surface area is 230 Å². The average molecular weight is 548 g/mol. The third-order valence-electron chi connectivity index (χ3n) is 6.50. The summed E-state index contributed by atoms with van der Waals surface area (Å²) in [4.78, 5) is 28.5. The smallest absolute Gasteiger partial charge is 0.300 e. The van der Waals surface area contributed by atoms with Crippen LogP contribution < -0.4 is 28.6 Å². The molecule has 0 aromatic heterocycles. The summed E-state index contributed by atoms with van der Waals surface area (Å²) < 4.78 is 27.8. The highest BCUT2D eigenvalue weighted by atomic mass is 16.7. The van der Waals surface area contributed by atoms with Gasteiger partial charge in [-0.2, -0.15) is 0 Å². The van der Waals surface area contributed by atoms with E-state index in [0.717, 1.165) is 0 Å². The molecular formula is C30H29NO9. The number of ether oxygens (including phenoxy) is 5. The van der Waals surface area contributed by atoms with Gasteiger partial charge in [-0.15, -0.1) is 0 Å². The van der Waals surface area contributed by atoms with Gasteiger partial charge in [0.15, 0.2) is 23.0 Å². The molecule has 1 atom stereocenters. The van der Waals surface area contributed by atoms with Gasteiger partial charge in [0, 0.05) is 17.8 Å². The molecule has 0 saturated carbocycles. The van der Waals surface area contributed by atoms with E-state index in [0.29, 0.717) is 47.5 Å². The van der Waals surface area contributed by atoms with Crippen molar-refractivity contribution < 1.29 is 43.5 Å². The molecule has 1 amide bonds. The molecule has 10 heteroatoms. The molecule has 3 aromatic rings. The zero-order valence-corrected chi connectivity index (χ0v) is 22.3. The SMILES string of the molecule is CCOc1ccc(/C(O)=C2\C(=O)C(=O)N(c3ccc4c(c3)OCO4)C2c2ccc(O)c(OCC)c2)c(OCC)c1. The molecular weight excluding hydrogens is 518 g/mol. The number of carbonyl (C=O) groups is 2. The van der Waals surface area contributed by atoms with Gasteiger partial charge in [-0.25, -0.2) is 0 Å². The lowest BCUT2D eigenvalue weighted by Crippen LogP contribution is -2.29. The molecule has 10 nitrogen and oxygen atoms in total. The van der Waals surface area contributed by atoms with Gasteiger partial charge in [-0.05, 0) is 62.7 Å². The molecule has 40 heavy (non-hydrogen) atoms. The fourth-order valence-corrected chi connectivity index (χ4v) is 4.80. The molecule has 1 saturated heterocycles. The molecule has 5 rings (SSSR count). The zero-order valence-electron chi connectivity index (χ0n) is 22.3. The van der Waals surface area contributed by atoms with Crippen molar-refractivity contribution in [2.45, 2.75) is 26.8 Å². The Kier molecular flexibility index (Phi) is 7.41. The summed E-state index contributed by atoms with van der Waals surface area (Å²) in [7, 11) is 0. The first-order chi connectivity index (χ1) is 19.4. The van der Waals surface area contributed by atoms with Crippen LogP contribution in [0.15, 0.2) is 60.2 Å². The number of fused-ring (bicyclic) bond motifs is 1. The molecule has 2 N–H and O–H groups in total. The van der Waals surface area contributed by atoms with Gasteiger partial charge in [-0.3, -0.25) is 14.5 Å². The average Bonchev–Trinajstić information content (AvgIpc) is 3.52.